The van der Waals surface area contributed by atoms with E-state index in [0.717, 1.165) is 16.5 Å². The van der Waals surface area contributed by atoms with Crippen molar-refractivity contribution in [2.24, 2.45) is 5.10 Å². The summed E-state index contributed by atoms with van der Waals surface area (Å²) in [6.07, 6.45) is 2.34. The van der Waals surface area contributed by atoms with Crippen molar-refractivity contribution in [1.82, 2.24) is 5.43 Å². The monoisotopic (exact) mass is 494 g/mol. The molecule has 1 N–H and O–H groups in total. The Balaban J connectivity index is 1.69. The lowest BCUT2D eigenvalue weighted by Crippen LogP contribution is -2.17. The molecule has 3 aromatic carbocycles. The Morgan fingerprint density at radius 3 is 2.53 bits per heavy atom. The van der Waals surface area contributed by atoms with Crippen molar-refractivity contribution in [1.29, 1.82) is 0 Å². The van der Waals surface area contributed by atoms with Gasteiger partial charge in [-0.1, -0.05) is 40.5 Å². The van der Waals surface area contributed by atoms with Gasteiger partial charge in [0.2, 0.25) is 0 Å². The molecule has 0 saturated heterocycles. The summed E-state index contributed by atoms with van der Waals surface area (Å²) in [5, 5.41) is 4.02. The first-order valence-electron chi connectivity index (χ1n) is 10.1. The lowest BCUT2D eigenvalue weighted by Gasteiger charge is -2.09. The van der Waals surface area contributed by atoms with Crippen molar-refractivity contribution >= 4 is 34.0 Å². The van der Waals surface area contributed by atoms with Gasteiger partial charge in [-0.2, -0.15) is 5.10 Å². The molecule has 6 nitrogen and oxygen atoms in total. The second-order valence-electron chi connectivity index (χ2n) is 7.01. The second-order valence-corrected chi connectivity index (χ2v) is 7.93. The minimum absolute atomic E-state index is 0.318. The predicted molar refractivity (Wildman–Crippen MR) is 128 cm³/mol. The zero-order valence-corrected chi connectivity index (χ0v) is 19.4. The van der Waals surface area contributed by atoms with Crippen molar-refractivity contribution in [2.45, 2.75) is 20.3 Å². The molecule has 0 heterocycles. The Morgan fingerprint density at radius 2 is 1.81 bits per heavy atom. The summed E-state index contributed by atoms with van der Waals surface area (Å²) in [5.41, 5.74) is 4.90. The Kier molecular flexibility index (Phi) is 8.16. The molecule has 0 bridgehead atoms. The molecule has 0 aromatic heterocycles. The number of ether oxygens (including phenoxy) is 2. The van der Waals surface area contributed by atoms with Crippen LogP contribution in [0.25, 0.3) is 0 Å². The fraction of sp³-hybridized carbons (Fsp3) is 0.160. The van der Waals surface area contributed by atoms with Crippen LogP contribution in [-0.2, 0) is 0 Å². The standard InChI is InChI=1S/C25H23BrN2O4/c1-3-13-31-22-10-7-18(8-11-22)25(30)32-23-12-9-21(26)15-20(23)16-27-28-24(29)19-6-4-5-17(2)14-19/h4-12,14-16H,3,13H2,1-2H3,(H,28,29). The lowest BCUT2D eigenvalue weighted by atomic mass is 10.1. The molecule has 0 aliphatic carbocycles. The van der Waals surface area contributed by atoms with E-state index in [9.17, 15) is 9.59 Å². The molecule has 0 spiro atoms. The Morgan fingerprint density at radius 1 is 1.03 bits per heavy atom. The first-order chi connectivity index (χ1) is 15.5. The van der Waals surface area contributed by atoms with Gasteiger partial charge in [0.05, 0.1) is 18.4 Å². The highest BCUT2D eigenvalue weighted by atomic mass is 79.9. The van der Waals surface area contributed by atoms with Gasteiger partial charge in [-0.25, -0.2) is 10.2 Å². The van der Waals surface area contributed by atoms with Crippen molar-refractivity contribution in [3.8, 4) is 11.5 Å². The average molecular weight is 495 g/mol. The number of hydrogen-bond acceptors (Lipinski definition) is 5. The van der Waals surface area contributed by atoms with Gasteiger partial charge in [-0.05, 0) is 67.9 Å². The molecule has 0 unspecified atom stereocenters. The number of halogens is 1. The van der Waals surface area contributed by atoms with E-state index in [1.165, 1.54) is 6.21 Å². The summed E-state index contributed by atoms with van der Waals surface area (Å²) in [5.74, 6) is 0.180. The van der Waals surface area contributed by atoms with Crippen LogP contribution in [0.15, 0.2) is 76.3 Å². The van der Waals surface area contributed by atoms with Gasteiger partial charge >= 0.3 is 5.97 Å². The molecule has 3 rings (SSSR count). The molecule has 0 aliphatic rings. The molecular formula is C25H23BrN2O4. The molecule has 3 aromatic rings. The van der Waals surface area contributed by atoms with Crippen LogP contribution in [0.5, 0.6) is 11.5 Å². The van der Waals surface area contributed by atoms with Gasteiger partial charge in [0.1, 0.15) is 11.5 Å². The first-order valence-corrected chi connectivity index (χ1v) is 10.9. The van der Waals surface area contributed by atoms with Gasteiger partial charge in [0.15, 0.2) is 0 Å². The van der Waals surface area contributed by atoms with Crippen LogP contribution in [0.3, 0.4) is 0 Å². The third kappa shape index (κ3) is 6.52. The minimum Gasteiger partial charge on any atom is -0.494 e. The smallest absolute Gasteiger partial charge is 0.343 e. The normalized spacial score (nSPS) is 10.7. The van der Waals surface area contributed by atoms with E-state index in [0.29, 0.717) is 34.8 Å². The van der Waals surface area contributed by atoms with Crippen molar-refractivity contribution in [2.75, 3.05) is 6.61 Å². The topological polar surface area (TPSA) is 77.0 Å². The highest BCUT2D eigenvalue weighted by Crippen LogP contribution is 2.23. The molecule has 7 heteroatoms. The SMILES string of the molecule is CCCOc1ccc(C(=O)Oc2ccc(Br)cc2C=NNC(=O)c2cccc(C)c2)cc1. The minimum atomic E-state index is -0.507. The highest BCUT2D eigenvalue weighted by Gasteiger charge is 2.12. The summed E-state index contributed by atoms with van der Waals surface area (Å²) in [7, 11) is 0. The van der Waals surface area contributed by atoms with Gasteiger partial charge in [0.25, 0.3) is 5.91 Å². The summed E-state index contributed by atoms with van der Waals surface area (Å²) in [4.78, 5) is 24.9. The number of benzene rings is 3. The summed E-state index contributed by atoms with van der Waals surface area (Å²) in [6.45, 7) is 4.55. The van der Waals surface area contributed by atoms with E-state index in [2.05, 4.69) is 26.5 Å². The van der Waals surface area contributed by atoms with Crippen molar-refractivity contribution < 1.29 is 19.1 Å². The molecule has 164 valence electrons. The largest absolute Gasteiger partial charge is 0.494 e. The maximum atomic E-state index is 12.6. The van der Waals surface area contributed by atoms with E-state index in [-0.39, 0.29) is 5.91 Å². The van der Waals surface area contributed by atoms with Crippen LogP contribution >= 0.6 is 15.9 Å². The van der Waals surface area contributed by atoms with Crippen LogP contribution in [0, 0.1) is 6.92 Å². The van der Waals surface area contributed by atoms with E-state index in [1.807, 2.05) is 26.0 Å². The molecule has 0 saturated carbocycles. The Labute approximate surface area is 195 Å². The van der Waals surface area contributed by atoms with Gasteiger partial charge in [-0.3, -0.25) is 4.79 Å². The Hall–Kier alpha value is -3.45. The lowest BCUT2D eigenvalue weighted by molar-refractivity contribution is 0.0734. The number of esters is 1. The van der Waals surface area contributed by atoms with Crippen LogP contribution in [-0.4, -0.2) is 24.7 Å². The zero-order valence-electron chi connectivity index (χ0n) is 17.8. The van der Waals surface area contributed by atoms with Crippen molar-refractivity contribution in [3.05, 3.63) is 93.5 Å². The van der Waals surface area contributed by atoms with E-state index >= 15 is 0 Å². The molecule has 0 fully saturated rings. The highest BCUT2D eigenvalue weighted by molar-refractivity contribution is 9.10. The van der Waals surface area contributed by atoms with Crippen LogP contribution < -0.4 is 14.9 Å². The average Bonchev–Trinajstić information content (AvgIpc) is 2.79. The second kappa shape index (κ2) is 11.2. The fourth-order valence-electron chi connectivity index (χ4n) is 2.79. The van der Waals surface area contributed by atoms with E-state index < -0.39 is 5.97 Å². The van der Waals surface area contributed by atoms with Crippen LogP contribution in [0.4, 0.5) is 0 Å². The number of aryl methyl sites for hydroxylation is 1. The summed E-state index contributed by atoms with van der Waals surface area (Å²) >= 11 is 3.40. The maximum Gasteiger partial charge on any atom is 0.343 e. The zero-order chi connectivity index (χ0) is 22.9. The third-order valence-corrected chi connectivity index (χ3v) is 4.88. The van der Waals surface area contributed by atoms with Gasteiger partial charge in [-0.15, -0.1) is 0 Å². The number of carbonyl (C=O) groups excluding carboxylic acids is 2. The molecule has 0 aliphatic heterocycles. The van der Waals surface area contributed by atoms with E-state index in [4.69, 9.17) is 9.47 Å². The molecular weight excluding hydrogens is 472 g/mol. The number of carbonyl (C=O) groups is 2. The van der Waals surface area contributed by atoms with Crippen molar-refractivity contribution in [3.63, 3.8) is 0 Å². The quantitative estimate of drug-likeness (QED) is 0.193. The number of nitrogens with one attached hydrogen (secondary N) is 1. The fourth-order valence-corrected chi connectivity index (χ4v) is 3.17. The number of amides is 1. The number of nitrogens with zero attached hydrogens (tertiary/aromatic N) is 1. The number of hydrogen-bond donors (Lipinski definition) is 1. The Bertz CT molecular complexity index is 1130. The number of rotatable bonds is 8. The van der Waals surface area contributed by atoms with Gasteiger partial charge in [0, 0.05) is 15.6 Å². The molecule has 0 radical (unpaired) electrons. The summed E-state index contributed by atoms with van der Waals surface area (Å²) in [6, 6.07) is 19.1. The first kappa shape index (κ1) is 23.2. The van der Waals surface area contributed by atoms with Crippen LogP contribution in [0.1, 0.15) is 45.2 Å². The molecule has 32 heavy (non-hydrogen) atoms. The number of hydrazone groups is 1. The third-order valence-electron chi connectivity index (χ3n) is 4.39. The predicted octanol–water partition coefficient (Wildman–Crippen LogP) is 5.53. The molecule has 0 atom stereocenters. The molecule has 1 amide bonds. The van der Waals surface area contributed by atoms with Crippen LogP contribution in [0.2, 0.25) is 0 Å². The van der Waals surface area contributed by atoms with Gasteiger partial charge < -0.3 is 9.47 Å². The van der Waals surface area contributed by atoms with E-state index in [1.54, 1.807) is 54.6 Å². The maximum absolute atomic E-state index is 12.6. The summed E-state index contributed by atoms with van der Waals surface area (Å²) < 4.78 is 11.9.